The lowest BCUT2D eigenvalue weighted by Crippen LogP contribution is -1.89. The first kappa shape index (κ1) is 6.13. The third-order valence-corrected chi connectivity index (χ3v) is 1.09. The quantitative estimate of drug-likeness (QED) is 0.564. The van der Waals surface area contributed by atoms with Crippen molar-refractivity contribution in [3.8, 4) is 0 Å². The van der Waals surface area contributed by atoms with Gasteiger partial charge in [0.15, 0.2) is 0 Å². The minimum absolute atomic E-state index is 0.505. The molecule has 1 aromatic rings. The summed E-state index contributed by atoms with van der Waals surface area (Å²) in [6, 6.07) is 1.38. The second-order valence-electron chi connectivity index (χ2n) is 1.74. The van der Waals surface area contributed by atoms with Crippen LogP contribution in [0.5, 0.6) is 0 Å². The molecular weight excluding hydrogens is 119 g/mol. The fourth-order valence-corrected chi connectivity index (χ4v) is 0.571. The summed E-state index contributed by atoms with van der Waals surface area (Å²) in [5.41, 5.74) is 0.877. The first-order valence-corrected chi connectivity index (χ1v) is 2.80. The zero-order valence-corrected chi connectivity index (χ0v) is 5.13. The molecule has 0 aliphatic rings. The lowest BCUT2D eigenvalue weighted by Gasteiger charge is -1.90. The predicted molar refractivity (Wildman–Crippen MR) is 31.4 cm³/mol. The molecule has 0 saturated carbocycles. The van der Waals surface area contributed by atoms with Gasteiger partial charge in [0.1, 0.15) is 0 Å². The van der Waals surface area contributed by atoms with Crippen LogP contribution in [-0.2, 0) is 6.42 Å². The van der Waals surface area contributed by atoms with Gasteiger partial charge >= 0.3 is 0 Å². The van der Waals surface area contributed by atoms with Crippen molar-refractivity contribution in [3.63, 3.8) is 0 Å². The summed E-state index contributed by atoms with van der Waals surface area (Å²) in [7, 11) is 0. The number of hydrogen-bond acceptors (Lipinski definition) is 2. The third kappa shape index (κ3) is 1.45. The van der Waals surface area contributed by atoms with Crippen molar-refractivity contribution < 1.29 is 4.39 Å². The fraction of sp³-hybridized carbons (Fsp3) is 0.333. The molecule has 0 aliphatic carbocycles. The fourth-order valence-electron chi connectivity index (χ4n) is 0.571. The lowest BCUT2D eigenvalue weighted by molar-refractivity contribution is 0.560. The molecule has 9 heavy (non-hydrogen) atoms. The zero-order valence-electron chi connectivity index (χ0n) is 5.13. The Kier molecular flexibility index (Phi) is 1.72. The molecule has 0 fully saturated rings. The van der Waals surface area contributed by atoms with E-state index in [-0.39, 0.29) is 0 Å². The summed E-state index contributed by atoms with van der Waals surface area (Å²) >= 11 is 0. The number of nitrogens with zero attached hydrogens (tertiary/aromatic N) is 2. The maximum Gasteiger partial charge on any atom is 0.233 e. The molecule has 0 unspecified atom stereocenters. The van der Waals surface area contributed by atoms with E-state index >= 15 is 0 Å². The monoisotopic (exact) mass is 126 g/mol. The van der Waals surface area contributed by atoms with Gasteiger partial charge in [-0.25, -0.2) is 0 Å². The normalized spacial score (nSPS) is 9.56. The van der Waals surface area contributed by atoms with Gasteiger partial charge in [0.05, 0.1) is 6.20 Å². The largest absolute Gasteiger partial charge is 0.233 e. The highest BCUT2D eigenvalue weighted by atomic mass is 19.1. The van der Waals surface area contributed by atoms with E-state index < -0.39 is 5.95 Å². The van der Waals surface area contributed by atoms with Crippen molar-refractivity contribution in [1.82, 2.24) is 10.2 Å². The Morgan fingerprint density at radius 3 is 2.89 bits per heavy atom. The predicted octanol–water partition coefficient (Wildman–Crippen LogP) is 1.18. The van der Waals surface area contributed by atoms with Crippen LogP contribution in [0.3, 0.4) is 0 Å². The van der Waals surface area contributed by atoms with Gasteiger partial charge in [-0.3, -0.25) is 0 Å². The Morgan fingerprint density at radius 2 is 2.44 bits per heavy atom. The third-order valence-electron chi connectivity index (χ3n) is 1.09. The summed E-state index contributed by atoms with van der Waals surface area (Å²) < 4.78 is 12.2. The molecule has 1 heterocycles. The van der Waals surface area contributed by atoms with E-state index in [9.17, 15) is 4.39 Å². The van der Waals surface area contributed by atoms with E-state index in [4.69, 9.17) is 0 Å². The Balaban J connectivity index is 2.94. The van der Waals surface area contributed by atoms with Gasteiger partial charge < -0.3 is 0 Å². The molecule has 1 aromatic heterocycles. The van der Waals surface area contributed by atoms with E-state index in [2.05, 4.69) is 10.2 Å². The summed E-state index contributed by atoms with van der Waals surface area (Å²) in [6.07, 6.45) is 2.36. The summed E-state index contributed by atoms with van der Waals surface area (Å²) in [6.45, 7) is 1.94. The van der Waals surface area contributed by atoms with Crippen LogP contribution in [0.1, 0.15) is 12.5 Å². The molecule has 0 bridgehead atoms. The van der Waals surface area contributed by atoms with Crippen LogP contribution in [0, 0.1) is 5.95 Å². The molecule has 2 nitrogen and oxygen atoms in total. The molecule has 0 spiro atoms. The van der Waals surface area contributed by atoms with Gasteiger partial charge in [-0.05, 0) is 18.1 Å². The molecule has 48 valence electrons. The highest BCUT2D eigenvalue weighted by Gasteiger charge is 1.91. The molecule has 0 N–H and O–H groups in total. The minimum atomic E-state index is -0.505. The van der Waals surface area contributed by atoms with Crippen LogP contribution in [0.25, 0.3) is 0 Å². The second-order valence-corrected chi connectivity index (χ2v) is 1.74. The molecule has 3 heteroatoms. The van der Waals surface area contributed by atoms with Crippen LogP contribution in [0.2, 0.25) is 0 Å². The SMILES string of the molecule is CCc1cnnc(F)c1. The molecule has 0 amide bonds. The van der Waals surface area contributed by atoms with E-state index in [0.29, 0.717) is 0 Å². The molecule has 0 atom stereocenters. The van der Waals surface area contributed by atoms with Gasteiger partial charge in [0.25, 0.3) is 0 Å². The standard InChI is InChI=1S/C6H7FN2/c1-2-5-3-6(7)9-8-4-5/h3-4H,2H2,1H3. The molecule has 0 aliphatic heterocycles. The van der Waals surface area contributed by atoms with E-state index in [1.807, 2.05) is 6.92 Å². The van der Waals surface area contributed by atoms with E-state index in [1.54, 1.807) is 6.20 Å². The molecule has 0 saturated heterocycles. The Bertz CT molecular complexity index is 200. The van der Waals surface area contributed by atoms with Crippen molar-refractivity contribution in [3.05, 3.63) is 23.8 Å². The first-order chi connectivity index (χ1) is 4.33. The van der Waals surface area contributed by atoms with Gasteiger partial charge in [0.2, 0.25) is 5.95 Å². The number of aryl methyl sites for hydroxylation is 1. The summed E-state index contributed by atoms with van der Waals surface area (Å²) in [5, 5.41) is 6.60. The van der Waals surface area contributed by atoms with Crippen LogP contribution < -0.4 is 0 Å². The first-order valence-electron chi connectivity index (χ1n) is 2.80. The molecule has 0 aromatic carbocycles. The van der Waals surface area contributed by atoms with Crippen LogP contribution >= 0.6 is 0 Å². The Hall–Kier alpha value is -0.990. The van der Waals surface area contributed by atoms with Gasteiger partial charge in [0, 0.05) is 0 Å². The smallest absolute Gasteiger partial charge is 0.183 e. The average Bonchev–Trinajstić information content (AvgIpc) is 1.88. The summed E-state index contributed by atoms with van der Waals surface area (Å²) in [4.78, 5) is 0. The second kappa shape index (κ2) is 2.53. The maximum absolute atomic E-state index is 12.2. The van der Waals surface area contributed by atoms with Crippen molar-refractivity contribution >= 4 is 0 Å². The van der Waals surface area contributed by atoms with Gasteiger partial charge in [-0.1, -0.05) is 6.92 Å². The van der Waals surface area contributed by atoms with Crippen LogP contribution in [-0.4, -0.2) is 10.2 Å². The van der Waals surface area contributed by atoms with Crippen molar-refractivity contribution in [1.29, 1.82) is 0 Å². The zero-order chi connectivity index (χ0) is 6.69. The van der Waals surface area contributed by atoms with Crippen molar-refractivity contribution in [2.24, 2.45) is 0 Å². The van der Waals surface area contributed by atoms with Crippen molar-refractivity contribution in [2.45, 2.75) is 13.3 Å². The highest BCUT2D eigenvalue weighted by Crippen LogP contribution is 1.97. The lowest BCUT2D eigenvalue weighted by atomic mass is 10.2. The van der Waals surface area contributed by atoms with E-state index in [1.165, 1.54) is 6.07 Å². The molecule has 0 radical (unpaired) electrons. The van der Waals surface area contributed by atoms with Crippen molar-refractivity contribution in [2.75, 3.05) is 0 Å². The molecular formula is C6H7FN2. The average molecular weight is 126 g/mol. The van der Waals surface area contributed by atoms with E-state index in [0.717, 1.165) is 12.0 Å². The summed E-state index contributed by atoms with van der Waals surface area (Å²) in [5.74, 6) is -0.505. The minimum Gasteiger partial charge on any atom is -0.183 e. The van der Waals surface area contributed by atoms with Gasteiger partial charge in [-0.2, -0.15) is 9.49 Å². The number of aromatic nitrogens is 2. The number of rotatable bonds is 1. The van der Waals surface area contributed by atoms with Gasteiger partial charge in [-0.15, -0.1) is 5.10 Å². The van der Waals surface area contributed by atoms with Crippen LogP contribution in [0.15, 0.2) is 12.3 Å². The molecule has 1 rings (SSSR count). The number of halogens is 1. The Morgan fingerprint density at radius 1 is 1.67 bits per heavy atom. The maximum atomic E-state index is 12.2. The number of hydrogen-bond donors (Lipinski definition) is 0. The topological polar surface area (TPSA) is 25.8 Å². The highest BCUT2D eigenvalue weighted by molar-refractivity contribution is 5.05. The van der Waals surface area contributed by atoms with Crippen LogP contribution in [0.4, 0.5) is 4.39 Å². The Labute approximate surface area is 52.7 Å².